The van der Waals surface area contributed by atoms with Crippen LogP contribution in [0.1, 0.15) is 13.8 Å². The molecule has 0 aliphatic carbocycles. The second-order valence-corrected chi connectivity index (χ2v) is 7.01. The van der Waals surface area contributed by atoms with Crippen molar-refractivity contribution in [3.05, 3.63) is 24.3 Å². The highest BCUT2D eigenvalue weighted by molar-refractivity contribution is 7.92. The number of hydrogen-bond donors (Lipinski definition) is 2. The van der Waals surface area contributed by atoms with E-state index in [9.17, 15) is 13.2 Å². The summed E-state index contributed by atoms with van der Waals surface area (Å²) in [4.78, 5) is 11.6. The average molecular weight is 297 g/mol. The third-order valence-electron chi connectivity index (χ3n) is 2.98. The predicted molar refractivity (Wildman–Crippen MR) is 79.3 cm³/mol. The Kier molecular flexibility index (Phi) is 4.29. The van der Waals surface area contributed by atoms with Crippen molar-refractivity contribution < 1.29 is 13.2 Å². The van der Waals surface area contributed by atoms with E-state index in [1.807, 2.05) is 13.8 Å². The number of rotatable bonds is 5. The number of para-hydroxylation sites is 2. The summed E-state index contributed by atoms with van der Waals surface area (Å²) in [5.74, 6) is -0.351. The Bertz CT molecular complexity index is 599. The molecule has 2 N–H and O–H groups in total. The smallest absolute Gasteiger partial charge is 0.245 e. The highest BCUT2D eigenvalue weighted by Crippen LogP contribution is 2.30. The molecule has 7 heteroatoms. The molecule has 0 spiro atoms. The Morgan fingerprint density at radius 1 is 1.35 bits per heavy atom. The number of anilines is 2. The van der Waals surface area contributed by atoms with Gasteiger partial charge in [-0.15, -0.1) is 0 Å². The molecule has 1 aliphatic heterocycles. The van der Waals surface area contributed by atoms with Gasteiger partial charge in [-0.3, -0.25) is 9.10 Å². The SMILES string of the molecule is CC(C)NCCS(=O)(=O)N1CC(=O)Nc2ccccc21. The van der Waals surface area contributed by atoms with Crippen LogP contribution in [0.15, 0.2) is 24.3 Å². The summed E-state index contributed by atoms with van der Waals surface area (Å²) in [7, 11) is -3.52. The molecule has 0 unspecified atom stereocenters. The van der Waals surface area contributed by atoms with E-state index in [2.05, 4.69) is 10.6 Å². The number of amides is 1. The van der Waals surface area contributed by atoms with Gasteiger partial charge in [0, 0.05) is 12.6 Å². The molecule has 0 saturated heterocycles. The lowest BCUT2D eigenvalue weighted by molar-refractivity contribution is -0.115. The normalized spacial score (nSPS) is 15.2. The monoisotopic (exact) mass is 297 g/mol. The van der Waals surface area contributed by atoms with Gasteiger partial charge in [0.15, 0.2) is 0 Å². The Morgan fingerprint density at radius 2 is 2.05 bits per heavy atom. The van der Waals surface area contributed by atoms with Crippen LogP contribution in [0.5, 0.6) is 0 Å². The van der Waals surface area contributed by atoms with Gasteiger partial charge in [0.05, 0.1) is 17.1 Å². The van der Waals surface area contributed by atoms with Gasteiger partial charge in [-0.05, 0) is 12.1 Å². The van der Waals surface area contributed by atoms with Crippen molar-refractivity contribution in [2.75, 3.05) is 28.5 Å². The maximum absolute atomic E-state index is 12.4. The fourth-order valence-corrected chi connectivity index (χ4v) is 3.41. The molecular formula is C13H19N3O3S. The lowest BCUT2D eigenvalue weighted by Gasteiger charge is -2.30. The van der Waals surface area contributed by atoms with E-state index in [1.165, 1.54) is 4.31 Å². The second-order valence-electron chi connectivity index (χ2n) is 5.00. The fourth-order valence-electron chi connectivity index (χ4n) is 2.04. The largest absolute Gasteiger partial charge is 0.323 e. The molecule has 1 heterocycles. The van der Waals surface area contributed by atoms with Gasteiger partial charge in [-0.25, -0.2) is 8.42 Å². The van der Waals surface area contributed by atoms with E-state index in [0.717, 1.165) is 0 Å². The quantitative estimate of drug-likeness (QED) is 0.841. The van der Waals surface area contributed by atoms with Crippen molar-refractivity contribution in [3.63, 3.8) is 0 Å². The Hall–Kier alpha value is -1.60. The highest BCUT2D eigenvalue weighted by Gasteiger charge is 2.30. The lowest BCUT2D eigenvalue weighted by Crippen LogP contribution is -2.44. The van der Waals surface area contributed by atoms with Gasteiger partial charge >= 0.3 is 0 Å². The molecule has 110 valence electrons. The molecule has 1 aromatic carbocycles. The van der Waals surface area contributed by atoms with E-state index in [0.29, 0.717) is 17.9 Å². The predicted octanol–water partition coefficient (Wildman–Crippen LogP) is 0.773. The molecule has 1 aliphatic rings. The van der Waals surface area contributed by atoms with Gasteiger partial charge in [0.2, 0.25) is 15.9 Å². The maximum atomic E-state index is 12.4. The number of nitrogens with one attached hydrogen (secondary N) is 2. The maximum Gasteiger partial charge on any atom is 0.245 e. The van der Waals surface area contributed by atoms with E-state index in [-0.39, 0.29) is 24.2 Å². The molecule has 0 aromatic heterocycles. The van der Waals surface area contributed by atoms with Crippen molar-refractivity contribution in [1.29, 1.82) is 0 Å². The number of carbonyl (C=O) groups excluding carboxylic acids is 1. The van der Waals surface area contributed by atoms with E-state index >= 15 is 0 Å². The molecular weight excluding hydrogens is 278 g/mol. The number of fused-ring (bicyclic) bond motifs is 1. The Labute approximate surface area is 119 Å². The van der Waals surface area contributed by atoms with Gasteiger partial charge in [-0.1, -0.05) is 26.0 Å². The standard InChI is InChI=1S/C13H19N3O3S/c1-10(2)14-7-8-20(18,19)16-9-13(17)15-11-5-3-4-6-12(11)16/h3-6,10,14H,7-9H2,1-2H3,(H,15,17). The van der Waals surface area contributed by atoms with Crippen LogP contribution in [0.4, 0.5) is 11.4 Å². The van der Waals surface area contributed by atoms with E-state index < -0.39 is 10.0 Å². The zero-order valence-electron chi connectivity index (χ0n) is 11.6. The minimum absolute atomic E-state index is 0.0349. The lowest BCUT2D eigenvalue weighted by atomic mass is 10.2. The zero-order chi connectivity index (χ0) is 14.8. The van der Waals surface area contributed by atoms with Gasteiger partial charge in [0.1, 0.15) is 6.54 Å². The van der Waals surface area contributed by atoms with Crippen molar-refractivity contribution in [2.45, 2.75) is 19.9 Å². The number of nitrogens with zero attached hydrogens (tertiary/aromatic N) is 1. The summed E-state index contributed by atoms with van der Waals surface area (Å²) >= 11 is 0. The van der Waals surface area contributed by atoms with Crippen LogP contribution in [0, 0.1) is 0 Å². The first-order chi connectivity index (χ1) is 9.40. The van der Waals surface area contributed by atoms with Crippen molar-refractivity contribution in [1.82, 2.24) is 5.32 Å². The molecule has 2 rings (SSSR count). The molecule has 6 nitrogen and oxygen atoms in total. The van der Waals surface area contributed by atoms with E-state index in [1.54, 1.807) is 24.3 Å². The van der Waals surface area contributed by atoms with Crippen LogP contribution in [0.2, 0.25) is 0 Å². The molecule has 0 fully saturated rings. The summed E-state index contributed by atoms with van der Waals surface area (Å²) < 4.78 is 25.9. The van der Waals surface area contributed by atoms with Crippen LogP contribution >= 0.6 is 0 Å². The summed E-state index contributed by atoms with van der Waals surface area (Å²) in [5, 5.41) is 5.75. The summed E-state index contributed by atoms with van der Waals surface area (Å²) in [6.45, 7) is 4.10. The van der Waals surface area contributed by atoms with Crippen molar-refractivity contribution in [3.8, 4) is 0 Å². The molecule has 0 atom stereocenters. The number of carbonyl (C=O) groups is 1. The number of sulfonamides is 1. The zero-order valence-corrected chi connectivity index (χ0v) is 12.4. The van der Waals surface area contributed by atoms with Crippen molar-refractivity contribution in [2.24, 2.45) is 0 Å². The molecule has 1 aromatic rings. The first kappa shape index (κ1) is 14.8. The van der Waals surface area contributed by atoms with Crippen LogP contribution in [-0.2, 0) is 14.8 Å². The minimum Gasteiger partial charge on any atom is -0.323 e. The molecule has 1 amide bonds. The summed E-state index contributed by atoms with van der Waals surface area (Å²) in [6.07, 6.45) is 0. The van der Waals surface area contributed by atoms with Gasteiger partial charge < -0.3 is 10.6 Å². The first-order valence-corrected chi connectivity index (χ1v) is 8.14. The van der Waals surface area contributed by atoms with Crippen LogP contribution in [-0.4, -0.2) is 39.2 Å². The summed E-state index contributed by atoms with van der Waals surface area (Å²) in [6, 6.07) is 7.13. The van der Waals surface area contributed by atoms with Gasteiger partial charge in [-0.2, -0.15) is 0 Å². The van der Waals surface area contributed by atoms with Crippen LogP contribution in [0.25, 0.3) is 0 Å². The Balaban J connectivity index is 2.21. The highest BCUT2D eigenvalue weighted by atomic mass is 32.2. The van der Waals surface area contributed by atoms with E-state index in [4.69, 9.17) is 0 Å². The van der Waals surface area contributed by atoms with Crippen LogP contribution in [0.3, 0.4) is 0 Å². The molecule has 0 saturated carbocycles. The average Bonchev–Trinajstić information content (AvgIpc) is 2.37. The first-order valence-electron chi connectivity index (χ1n) is 6.53. The number of benzene rings is 1. The topological polar surface area (TPSA) is 78.5 Å². The van der Waals surface area contributed by atoms with Crippen LogP contribution < -0.4 is 14.9 Å². The minimum atomic E-state index is -3.52. The van der Waals surface area contributed by atoms with Gasteiger partial charge in [0.25, 0.3) is 0 Å². The third-order valence-corrected chi connectivity index (χ3v) is 4.70. The third kappa shape index (κ3) is 3.29. The summed E-state index contributed by atoms with van der Waals surface area (Å²) in [5.41, 5.74) is 1.06. The van der Waals surface area contributed by atoms with Crippen molar-refractivity contribution >= 4 is 27.3 Å². The number of hydrogen-bond acceptors (Lipinski definition) is 4. The molecule has 0 radical (unpaired) electrons. The Morgan fingerprint density at radius 3 is 2.75 bits per heavy atom. The second kappa shape index (κ2) is 5.80. The molecule has 0 bridgehead atoms. The molecule has 20 heavy (non-hydrogen) atoms. The fraction of sp³-hybridized carbons (Fsp3) is 0.462.